The molecule has 20 heavy (non-hydrogen) atoms. The maximum atomic E-state index is 13.8. The molecule has 0 bridgehead atoms. The summed E-state index contributed by atoms with van der Waals surface area (Å²) < 4.78 is 16.3. The second-order valence-electron chi connectivity index (χ2n) is 4.53. The van der Waals surface area contributed by atoms with Gasteiger partial charge in [0.1, 0.15) is 5.82 Å². The van der Waals surface area contributed by atoms with E-state index in [-0.39, 0.29) is 18.4 Å². The normalized spacial score (nSPS) is 12.3. The van der Waals surface area contributed by atoms with E-state index in [0.717, 1.165) is 0 Å². The third-order valence-corrected chi connectivity index (χ3v) is 3.24. The Kier molecular flexibility index (Phi) is 4.14. The van der Waals surface area contributed by atoms with Crippen LogP contribution in [0.2, 0.25) is 0 Å². The summed E-state index contributed by atoms with van der Waals surface area (Å²) in [5.74, 6) is -0.344. The molecule has 2 rings (SSSR count). The Hall–Kier alpha value is -2.21. The summed E-state index contributed by atoms with van der Waals surface area (Å²) in [5.41, 5.74) is -0.759. The van der Waals surface area contributed by atoms with Gasteiger partial charge in [-0.15, -0.1) is 0 Å². The highest BCUT2D eigenvalue weighted by molar-refractivity contribution is 5.21. The van der Waals surface area contributed by atoms with Crippen molar-refractivity contribution >= 4 is 0 Å². The van der Waals surface area contributed by atoms with Gasteiger partial charge < -0.3 is 14.5 Å². The summed E-state index contributed by atoms with van der Waals surface area (Å²) in [7, 11) is 3.20. The quantitative estimate of drug-likeness (QED) is 0.835. The molecule has 1 aromatic carbocycles. The van der Waals surface area contributed by atoms with Gasteiger partial charge in [0.25, 0.3) is 0 Å². The molecule has 5 nitrogen and oxygen atoms in total. The summed E-state index contributed by atoms with van der Waals surface area (Å²) in [4.78, 5) is 23.5. The van der Waals surface area contributed by atoms with Crippen molar-refractivity contribution < 1.29 is 4.39 Å². The molecule has 106 valence electrons. The standard InChI is InChI=1S/C14H16FN3O2/c1-16-12(10-5-3-4-6-11(10)15)9-18-8-7-17(2)13(19)14(18)20/h3-8,12,16H,9H2,1-2H3. The van der Waals surface area contributed by atoms with Crippen molar-refractivity contribution in [2.24, 2.45) is 7.05 Å². The fourth-order valence-electron chi connectivity index (χ4n) is 2.03. The first-order chi connectivity index (χ1) is 9.54. The molecule has 1 N–H and O–H groups in total. The number of nitrogens with one attached hydrogen (secondary N) is 1. The van der Waals surface area contributed by atoms with Crippen LogP contribution in [0.3, 0.4) is 0 Å². The molecule has 1 unspecified atom stereocenters. The number of aryl methyl sites for hydroxylation is 1. The Bertz CT molecular complexity index is 721. The first-order valence-electron chi connectivity index (χ1n) is 6.22. The van der Waals surface area contributed by atoms with Crippen LogP contribution in [-0.4, -0.2) is 16.2 Å². The molecule has 0 spiro atoms. The topological polar surface area (TPSA) is 56.0 Å². The SMILES string of the molecule is CNC(Cn1ccn(C)c(=O)c1=O)c1ccccc1F. The van der Waals surface area contributed by atoms with Crippen molar-refractivity contribution in [1.82, 2.24) is 14.5 Å². The van der Waals surface area contributed by atoms with Crippen molar-refractivity contribution in [3.8, 4) is 0 Å². The fraction of sp³-hybridized carbons (Fsp3) is 0.286. The zero-order valence-corrected chi connectivity index (χ0v) is 11.3. The molecule has 0 saturated carbocycles. The van der Waals surface area contributed by atoms with Gasteiger partial charge in [-0.1, -0.05) is 18.2 Å². The average Bonchev–Trinajstić information content (AvgIpc) is 2.45. The Balaban J connectivity index is 2.37. The first kappa shape index (κ1) is 14.2. The van der Waals surface area contributed by atoms with E-state index >= 15 is 0 Å². The number of halogens is 1. The second kappa shape index (κ2) is 5.83. The highest BCUT2D eigenvalue weighted by Gasteiger charge is 2.15. The number of benzene rings is 1. The molecule has 1 heterocycles. The van der Waals surface area contributed by atoms with Crippen LogP contribution in [0.4, 0.5) is 4.39 Å². The molecular weight excluding hydrogens is 261 g/mol. The first-order valence-corrected chi connectivity index (χ1v) is 6.22. The molecule has 0 radical (unpaired) electrons. The van der Waals surface area contributed by atoms with Gasteiger partial charge in [-0.3, -0.25) is 9.59 Å². The van der Waals surface area contributed by atoms with Crippen LogP contribution in [0.1, 0.15) is 11.6 Å². The van der Waals surface area contributed by atoms with Crippen LogP contribution in [0, 0.1) is 5.82 Å². The Morgan fingerprint density at radius 1 is 1.20 bits per heavy atom. The van der Waals surface area contributed by atoms with Crippen LogP contribution in [0.25, 0.3) is 0 Å². The lowest BCUT2D eigenvalue weighted by Crippen LogP contribution is -2.41. The third kappa shape index (κ3) is 2.70. The lowest BCUT2D eigenvalue weighted by Gasteiger charge is -2.18. The summed E-state index contributed by atoms with van der Waals surface area (Å²) >= 11 is 0. The van der Waals surface area contributed by atoms with Gasteiger partial charge >= 0.3 is 11.1 Å². The van der Waals surface area contributed by atoms with Crippen molar-refractivity contribution in [1.29, 1.82) is 0 Å². The molecule has 6 heteroatoms. The van der Waals surface area contributed by atoms with Gasteiger partial charge in [0, 0.05) is 31.5 Å². The maximum Gasteiger partial charge on any atom is 0.316 e. The summed E-state index contributed by atoms with van der Waals surface area (Å²) in [5, 5.41) is 2.96. The molecule has 1 atom stereocenters. The van der Waals surface area contributed by atoms with E-state index in [1.165, 1.54) is 34.6 Å². The van der Waals surface area contributed by atoms with E-state index < -0.39 is 11.1 Å². The van der Waals surface area contributed by atoms with Gasteiger partial charge in [-0.25, -0.2) is 4.39 Å². The van der Waals surface area contributed by atoms with E-state index in [2.05, 4.69) is 5.32 Å². The van der Waals surface area contributed by atoms with E-state index in [9.17, 15) is 14.0 Å². The average molecular weight is 277 g/mol. The lowest BCUT2D eigenvalue weighted by molar-refractivity contribution is 0.462. The van der Waals surface area contributed by atoms with Crippen molar-refractivity contribution in [3.05, 3.63) is 68.7 Å². The van der Waals surface area contributed by atoms with E-state index in [0.29, 0.717) is 5.56 Å². The third-order valence-electron chi connectivity index (χ3n) is 3.24. The van der Waals surface area contributed by atoms with Gasteiger partial charge in [0.05, 0.1) is 6.04 Å². The van der Waals surface area contributed by atoms with Crippen molar-refractivity contribution in [2.45, 2.75) is 12.6 Å². The maximum absolute atomic E-state index is 13.8. The van der Waals surface area contributed by atoms with Crippen LogP contribution in [0.5, 0.6) is 0 Å². The largest absolute Gasteiger partial charge is 0.316 e. The predicted molar refractivity (Wildman–Crippen MR) is 74.1 cm³/mol. The molecule has 0 saturated heterocycles. The summed E-state index contributed by atoms with van der Waals surface area (Å²) in [6.45, 7) is 0.187. The van der Waals surface area contributed by atoms with Crippen LogP contribution >= 0.6 is 0 Å². The molecule has 1 aromatic heterocycles. The fourth-order valence-corrected chi connectivity index (χ4v) is 2.03. The van der Waals surface area contributed by atoms with E-state index in [1.807, 2.05) is 0 Å². The van der Waals surface area contributed by atoms with E-state index in [1.54, 1.807) is 25.2 Å². The van der Waals surface area contributed by atoms with Gasteiger partial charge in [-0.2, -0.15) is 0 Å². The summed E-state index contributed by atoms with van der Waals surface area (Å²) in [6.07, 6.45) is 3.03. The smallest absolute Gasteiger partial charge is 0.312 e. The Morgan fingerprint density at radius 2 is 1.90 bits per heavy atom. The number of aromatic nitrogens is 2. The lowest BCUT2D eigenvalue weighted by atomic mass is 10.1. The minimum absolute atomic E-state index is 0.187. The zero-order valence-electron chi connectivity index (χ0n) is 11.3. The van der Waals surface area contributed by atoms with Crippen molar-refractivity contribution in [2.75, 3.05) is 7.05 Å². The molecule has 2 aromatic rings. The number of hydrogen-bond acceptors (Lipinski definition) is 3. The van der Waals surface area contributed by atoms with E-state index in [4.69, 9.17) is 0 Å². The molecule has 0 aliphatic carbocycles. The van der Waals surface area contributed by atoms with Gasteiger partial charge in [-0.05, 0) is 13.1 Å². The Morgan fingerprint density at radius 3 is 2.55 bits per heavy atom. The number of hydrogen-bond donors (Lipinski definition) is 1. The van der Waals surface area contributed by atoms with Crippen LogP contribution in [0.15, 0.2) is 46.2 Å². The van der Waals surface area contributed by atoms with Crippen LogP contribution < -0.4 is 16.4 Å². The van der Waals surface area contributed by atoms with Gasteiger partial charge in [0.2, 0.25) is 0 Å². The monoisotopic (exact) mass is 277 g/mol. The van der Waals surface area contributed by atoms with Crippen molar-refractivity contribution in [3.63, 3.8) is 0 Å². The number of likely N-dealkylation sites (N-methyl/N-ethyl adjacent to an activating group) is 1. The summed E-state index contributed by atoms with van der Waals surface area (Å²) in [6, 6.07) is 5.97. The molecule has 0 fully saturated rings. The zero-order chi connectivity index (χ0) is 14.7. The highest BCUT2D eigenvalue weighted by atomic mass is 19.1. The predicted octanol–water partition coefficient (Wildman–Crippen LogP) is 0.647. The van der Waals surface area contributed by atoms with Gasteiger partial charge in [0.15, 0.2) is 0 Å². The van der Waals surface area contributed by atoms with Crippen LogP contribution in [-0.2, 0) is 13.6 Å². The molecule has 0 aliphatic rings. The highest BCUT2D eigenvalue weighted by Crippen LogP contribution is 2.17. The molecule has 0 amide bonds. The molecule has 0 aliphatic heterocycles. The number of rotatable bonds is 4. The second-order valence-corrected chi connectivity index (χ2v) is 4.53. The number of nitrogens with zero attached hydrogens (tertiary/aromatic N) is 2. The minimum atomic E-state index is -0.619. The Labute approximate surface area is 115 Å². The molecular formula is C14H16FN3O2. The minimum Gasteiger partial charge on any atom is -0.312 e.